The molecule has 1 aliphatic heterocycles. The Morgan fingerprint density at radius 1 is 1.64 bits per heavy atom. The van der Waals surface area contributed by atoms with Crippen LogP contribution >= 0.6 is 0 Å². The van der Waals surface area contributed by atoms with Crippen LogP contribution in [0, 0.1) is 0 Å². The van der Waals surface area contributed by atoms with Crippen molar-refractivity contribution in [2.75, 3.05) is 20.3 Å². The van der Waals surface area contributed by atoms with Gasteiger partial charge in [-0.05, 0) is 0 Å². The number of aliphatic hydroxyl groups excluding tert-OH is 3. The van der Waals surface area contributed by atoms with Gasteiger partial charge in [-0.15, -0.1) is 0 Å². The molecule has 0 spiro atoms. The third kappa shape index (κ3) is 1.25. The van der Waals surface area contributed by atoms with Crippen molar-refractivity contribution in [2.24, 2.45) is 0 Å². The van der Waals surface area contributed by atoms with Crippen molar-refractivity contribution in [1.82, 2.24) is 0 Å². The quantitative estimate of drug-likeness (QED) is 0.443. The minimum Gasteiger partial charge on any atom is -0.391 e. The van der Waals surface area contributed by atoms with E-state index in [4.69, 9.17) is 19.7 Å². The van der Waals surface area contributed by atoms with Gasteiger partial charge in [-0.2, -0.15) is 0 Å². The molecule has 3 atom stereocenters. The van der Waals surface area contributed by atoms with Crippen molar-refractivity contribution in [3.8, 4) is 0 Å². The number of ether oxygens (including phenoxy) is 2. The summed E-state index contributed by atoms with van der Waals surface area (Å²) in [6.07, 6.45) is -2.17. The molecule has 1 rings (SSSR count). The van der Waals surface area contributed by atoms with Gasteiger partial charge in [-0.25, -0.2) is 0 Å². The summed E-state index contributed by atoms with van der Waals surface area (Å²) in [6, 6.07) is 0. The van der Waals surface area contributed by atoms with Crippen LogP contribution in [0.4, 0.5) is 0 Å². The molecule has 1 heterocycles. The Balaban J connectivity index is 2.69. The average Bonchev–Trinajstić information content (AvgIpc) is 2.32. The topological polar surface area (TPSA) is 79.2 Å². The number of rotatable bonds is 2. The van der Waals surface area contributed by atoms with Crippen molar-refractivity contribution in [3.63, 3.8) is 0 Å². The van der Waals surface area contributed by atoms with Crippen LogP contribution in [0.15, 0.2) is 0 Å². The Morgan fingerprint density at radius 3 is 2.45 bits per heavy atom. The molecule has 0 saturated carbocycles. The smallest absolute Gasteiger partial charge is 0.220 e. The van der Waals surface area contributed by atoms with E-state index in [1.54, 1.807) is 0 Å². The zero-order valence-electron chi connectivity index (χ0n) is 6.23. The molecule has 0 unspecified atom stereocenters. The predicted octanol–water partition coefficient (Wildman–Crippen LogP) is -1.93. The molecule has 66 valence electrons. The molecule has 3 N–H and O–H groups in total. The summed E-state index contributed by atoms with van der Waals surface area (Å²) in [5.74, 6) is -1.43. The summed E-state index contributed by atoms with van der Waals surface area (Å²) in [6.45, 7) is -0.489. The molecular weight excluding hydrogens is 152 g/mol. The van der Waals surface area contributed by atoms with Crippen molar-refractivity contribution < 1.29 is 24.8 Å². The van der Waals surface area contributed by atoms with Crippen molar-refractivity contribution in [1.29, 1.82) is 0 Å². The van der Waals surface area contributed by atoms with Crippen LogP contribution in [0.2, 0.25) is 0 Å². The first kappa shape index (κ1) is 8.89. The van der Waals surface area contributed by atoms with E-state index in [1.165, 1.54) is 7.11 Å². The number of hydrogen-bond donors (Lipinski definition) is 3. The summed E-state index contributed by atoms with van der Waals surface area (Å²) in [5.41, 5.74) is 0. The third-order valence-electron chi connectivity index (χ3n) is 1.88. The van der Waals surface area contributed by atoms with E-state index in [0.29, 0.717) is 0 Å². The summed E-state index contributed by atoms with van der Waals surface area (Å²) >= 11 is 0. The van der Waals surface area contributed by atoms with Gasteiger partial charge in [-0.1, -0.05) is 0 Å². The lowest BCUT2D eigenvalue weighted by Crippen LogP contribution is -2.47. The van der Waals surface area contributed by atoms with Gasteiger partial charge in [0.05, 0.1) is 6.61 Å². The number of hydrogen-bond acceptors (Lipinski definition) is 5. The first-order chi connectivity index (χ1) is 5.16. The van der Waals surface area contributed by atoms with Gasteiger partial charge in [0.1, 0.15) is 18.8 Å². The summed E-state index contributed by atoms with van der Waals surface area (Å²) < 4.78 is 9.64. The molecular formula is C6H12O5. The van der Waals surface area contributed by atoms with Crippen molar-refractivity contribution in [2.45, 2.75) is 18.0 Å². The van der Waals surface area contributed by atoms with Gasteiger partial charge in [-0.3, -0.25) is 0 Å². The van der Waals surface area contributed by atoms with E-state index in [2.05, 4.69) is 0 Å². The van der Waals surface area contributed by atoms with E-state index in [9.17, 15) is 5.11 Å². The van der Waals surface area contributed by atoms with Crippen LogP contribution in [0.3, 0.4) is 0 Å². The second kappa shape index (κ2) is 3.04. The van der Waals surface area contributed by atoms with E-state index < -0.39 is 24.6 Å². The van der Waals surface area contributed by atoms with Crippen LogP contribution in [0.5, 0.6) is 0 Å². The lowest BCUT2D eigenvalue weighted by Gasteiger charge is -2.27. The fourth-order valence-electron chi connectivity index (χ4n) is 1.08. The highest BCUT2D eigenvalue weighted by atomic mass is 16.7. The third-order valence-corrected chi connectivity index (χ3v) is 1.88. The maximum absolute atomic E-state index is 9.25. The zero-order chi connectivity index (χ0) is 8.48. The summed E-state index contributed by atoms with van der Waals surface area (Å²) in [4.78, 5) is 0. The maximum Gasteiger partial charge on any atom is 0.220 e. The van der Waals surface area contributed by atoms with Crippen LogP contribution in [0.1, 0.15) is 0 Å². The fraction of sp³-hybridized carbons (Fsp3) is 1.00. The normalized spacial score (nSPS) is 44.7. The zero-order valence-corrected chi connectivity index (χ0v) is 6.23. The van der Waals surface area contributed by atoms with E-state index in [1.807, 2.05) is 0 Å². The molecule has 1 fully saturated rings. The van der Waals surface area contributed by atoms with Crippen molar-refractivity contribution >= 4 is 0 Å². The molecule has 5 heteroatoms. The first-order valence-electron chi connectivity index (χ1n) is 3.32. The van der Waals surface area contributed by atoms with Gasteiger partial charge in [0.25, 0.3) is 0 Å². The second-order valence-corrected chi connectivity index (χ2v) is 2.50. The molecule has 0 aliphatic carbocycles. The highest BCUT2D eigenvalue weighted by molar-refractivity contribution is 4.90. The lowest BCUT2D eigenvalue weighted by molar-refractivity contribution is -0.251. The Kier molecular flexibility index (Phi) is 2.46. The van der Waals surface area contributed by atoms with Crippen LogP contribution in [-0.2, 0) is 9.47 Å². The SMILES string of the molecule is CO[C@]1(CO)OC[C@@H](O)[C@@H]1O. The highest BCUT2D eigenvalue weighted by Gasteiger charge is 2.49. The predicted molar refractivity (Wildman–Crippen MR) is 34.8 cm³/mol. The number of aliphatic hydroxyl groups is 3. The Hall–Kier alpha value is -0.200. The monoisotopic (exact) mass is 164 g/mol. The van der Waals surface area contributed by atoms with E-state index in [-0.39, 0.29) is 6.61 Å². The molecule has 0 aromatic carbocycles. The van der Waals surface area contributed by atoms with Crippen molar-refractivity contribution in [3.05, 3.63) is 0 Å². The van der Waals surface area contributed by atoms with Gasteiger partial charge in [0.2, 0.25) is 5.79 Å². The van der Waals surface area contributed by atoms with E-state index in [0.717, 1.165) is 0 Å². The highest BCUT2D eigenvalue weighted by Crippen LogP contribution is 2.26. The first-order valence-corrected chi connectivity index (χ1v) is 3.32. The van der Waals surface area contributed by atoms with Gasteiger partial charge in [0, 0.05) is 7.11 Å². The van der Waals surface area contributed by atoms with Gasteiger partial charge < -0.3 is 24.8 Å². The van der Waals surface area contributed by atoms with Crippen LogP contribution in [-0.4, -0.2) is 53.6 Å². The molecule has 0 radical (unpaired) electrons. The van der Waals surface area contributed by atoms with Crippen LogP contribution < -0.4 is 0 Å². The number of methoxy groups -OCH3 is 1. The lowest BCUT2D eigenvalue weighted by atomic mass is 10.1. The molecule has 0 aromatic rings. The molecule has 0 amide bonds. The minimum absolute atomic E-state index is 0.0183. The molecule has 0 aromatic heterocycles. The molecule has 5 nitrogen and oxygen atoms in total. The molecule has 1 aliphatic rings. The van der Waals surface area contributed by atoms with E-state index >= 15 is 0 Å². The minimum atomic E-state index is -1.43. The Labute approximate surface area is 64.2 Å². The second-order valence-electron chi connectivity index (χ2n) is 2.50. The molecule has 1 saturated heterocycles. The summed E-state index contributed by atoms with van der Waals surface area (Å²) in [5, 5.41) is 27.1. The Bertz CT molecular complexity index is 133. The average molecular weight is 164 g/mol. The largest absolute Gasteiger partial charge is 0.391 e. The van der Waals surface area contributed by atoms with Gasteiger partial charge in [0.15, 0.2) is 0 Å². The maximum atomic E-state index is 9.25. The molecule has 11 heavy (non-hydrogen) atoms. The molecule has 0 bridgehead atoms. The standard InChI is InChI=1S/C6H12O5/c1-10-6(3-7)5(9)4(8)2-11-6/h4-5,7-9H,2-3H2,1H3/t4-,5+,6-/m1/s1. The summed E-state index contributed by atoms with van der Waals surface area (Å²) in [7, 11) is 1.30. The Morgan fingerprint density at radius 2 is 2.27 bits per heavy atom. The van der Waals surface area contributed by atoms with Gasteiger partial charge >= 0.3 is 0 Å². The fourth-order valence-corrected chi connectivity index (χ4v) is 1.08. The van der Waals surface area contributed by atoms with Crippen LogP contribution in [0.25, 0.3) is 0 Å².